The van der Waals surface area contributed by atoms with Gasteiger partial charge in [-0.2, -0.15) is 0 Å². The van der Waals surface area contributed by atoms with E-state index >= 15 is 0 Å². The lowest BCUT2D eigenvalue weighted by molar-refractivity contribution is -0.152. The van der Waals surface area contributed by atoms with Gasteiger partial charge in [0.25, 0.3) is 0 Å². The third kappa shape index (κ3) is 3.66. The second-order valence-electron chi connectivity index (χ2n) is 4.39. The summed E-state index contributed by atoms with van der Waals surface area (Å²) in [5.74, 6) is 0.108. The van der Waals surface area contributed by atoms with Crippen molar-refractivity contribution in [2.75, 3.05) is 41.1 Å². The minimum atomic E-state index is -0.665. The maximum atomic E-state index is 11.9. The number of ether oxygens (including phenoxy) is 3. The van der Waals surface area contributed by atoms with Gasteiger partial charge in [0.15, 0.2) is 0 Å². The van der Waals surface area contributed by atoms with Gasteiger partial charge in [-0.1, -0.05) is 0 Å². The molecule has 100 valence electrons. The number of nitrogens with one attached hydrogen (secondary N) is 1. The van der Waals surface area contributed by atoms with E-state index in [2.05, 4.69) is 5.32 Å². The summed E-state index contributed by atoms with van der Waals surface area (Å²) in [6.07, 6.45) is 2.94. The molecule has 5 heteroatoms. The lowest BCUT2D eigenvalue weighted by Crippen LogP contribution is -2.56. The minimum Gasteiger partial charge on any atom is -0.468 e. The van der Waals surface area contributed by atoms with Crippen LogP contribution in [0.25, 0.3) is 0 Å². The molecule has 5 nitrogen and oxygen atoms in total. The average molecular weight is 245 g/mol. The number of rotatable bonds is 9. The van der Waals surface area contributed by atoms with Crippen LogP contribution in [0.1, 0.15) is 19.3 Å². The zero-order valence-corrected chi connectivity index (χ0v) is 11.0. The van der Waals surface area contributed by atoms with E-state index in [1.807, 2.05) is 0 Å². The molecule has 0 aliphatic heterocycles. The zero-order valence-electron chi connectivity index (χ0n) is 11.0. The first-order valence-corrected chi connectivity index (χ1v) is 6.05. The average Bonchev–Trinajstić information content (AvgIpc) is 3.18. The van der Waals surface area contributed by atoms with Crippen molar-refractivity contribution in [1.29, 1.82) is 0 Å². The third-order valence-corrected chi connectivity index (χ3v) is 3.24. The van der Waals surface area contributed by atoms with Crippen LogP contribution in [0.15, 0.2) is 0 Å². The van der Waals surface area contributed by atoms with Gasteiger partial charge in [0.05, 0.1) is 13.7 Å². The van der Waals surface area contributed by atoms with Crippen LogP contribution in [0.3, 0.4) is 0 Å². The van der Waals surface area contributed by atoms with Crippen molar-refractivity contribution in [1.82, 2.24) is 5.32 Å². The van der Waals surface area contributed by atoms with Crippen molar-refractivity contribution in [3.8, 4) is 0 Å². The van der Waals surface area contributed by atoms with Crippen LogP contribution < -0.4 is 5.32 Å². The monoisotopic (exact) mass is 245 g/mol. The molecule has 17 heavy (non-hydrogen) atoms. The van der Waals surface area contributed by atoms with Gasteiger partial charge in [0, 0.05) is 20.3 Å². The van der Waals surface area contributed by atoms with E-state index in [9.17, 15) is 4.79 Å². The Kier molecular flexibility index (Phi) is 5.88. The normalized spacial score (nSPS) is 18.8. The Morgan fingerprint density at radius 1 is 1.35 bits per heavy atom. The molecule has 0 radical (unpaired) electrons. The van der Waals surface area contributed by atoms with E-state index in [-0.39, 0.29) is 5.97 Å². The fraction of sp³-hybridized carbons (Fsp3) is 0.917. The number of hydrogen-bond donors (Lipinski definition) is 1. The Labute approximate surface area is 103 Å². The van der Waals surface area contributed by atoms with Crippen molar-refractivity contribution in [2.24, 2.45) is 5.92 Å². The molecule has 1 aliphatic rings. The Balaban J connectivity index is 2.43. The molecule has 0 heterocycles. The van der Waals surface area contributed by atoms with Gasteiger partial charge in [0.2, 0.25) is 0 Å². The van der Waals surface area contributed by atoms with E-state index in [4.69, 9.17) is 14.2 Å². The Hall–Kier alpha value is -0.650. The molecule has 0 amide bonds. The second kappa shape index (κ2) is 6.93. The summed E-state index contributed by atoms with van der Waals surface area (Å²) in [4.78, 5) is 11.9. The van der Waals surface area contributed by atoms with E-state index < -0.39 is 5.54 Å². The molecule has 0 saturated heterocycles. The van der Waals surface area contributed by atoms with Crippen molar-refractivity contribution in [3.63, 3.8) is 0 Å². The van der Waals surface area contributed by atoms with E-state index in [0.717, 1.165) is 19.3 Å². The minimum absolute atomic E-state index is 0.228. The molecule has 1 atom stereocenters. The predicted octanol–water partition coefficient (Wildman–Crippen LogP) is 0.581. The molecule has 1 aliphatic carbocycles. The molecular formula is C12H23NO4. The zero-order chi connectivity index (χ0) is 12.7. The van der Waals surface area contributed by atoms with Crippen LogP contribution in [0, 0.1) is 5.92 Å². The highest BCUT2D eigenvalue weighted by Gasteiger charge is 2.51. The summed E-state index contributed by atoms with van der Waals surface area (Å²) < 4.78 is 15.4. The highest BCUT2D eigenvalue weighted by molar-refractivity contribution is 5.82. The fourth-order valence-corrected chi connectivity index (χ4v) is 2.02. The molecular weight excluding hydrogens is 222 g/mol. The predicted molar refractivity (Wildman–Crippen MR) is 63.8 cm³/mol. The summed E-state index contributed by atoms with van der Waals surface area (Å²) >= 11 is 0. The molecule has 1 N–H and O–H groups in total. The van der Waals surface area contributed by atoms with Gasteiger partial charge in [0.1, 0.15) is 5.54 Å². The maximum absolute atomic E-state index is 11.9. The second-order valence-corrected chi connectivity index (χ2v) is 4.39. The fourth-order valence-electron chi connectivity index (χ4n) is 2.02. The van der Waals surface area contributed by atoms with Crippen LogP contribution in [-0.4, -0.2) is 52.6 Å². The van der Waals surface area contributed by atoms with Gasteiger partial charge in [-0.15, -0.1) is 0 Å². The first kappa shape index (κ1) is 14.4. The number of likely N-dealkylation sites (N-methyl/N-ethyl adjacent to an activating group) is 1. The molecule has 1 fully saturated rings. The quantitative estimate of drug-likeness (QED) is 0.476. The van der Waals surface area contributed by atoms with Crippen LogP contribution in [0.2, 0.25) is 0 Å². The van der Waals surface area contributed by atoms with Gasteiger partial charge in [-0.3, -0.25) is 0 Å². The molecule has 0 aromatic rings. The topological polar surface area (TPSA) is 56.8 Å². The molecule has 0 spiro atoms. The van der Waals surface area contributed by atoms with E-state index in [0.29, 0.717) is 25.7 Å². The standard InChI is InChI=1S/C12H23NO4/c1-13-12(10-5-6-10,11(14)16-3)9-17-8-4-7-15-2/h10,13H,4-9H2,1-3H3. The van der Waals surface area contributed by atoms with Crippen LogP contribution in [0.4, 0.5) is 0 Å². The largest absolute Gasteiger partial charge is 0.468 e. The van der Waals surface area contributed by atoms with Gasteiger partial charge in [-0.05, 0) is 32.2 Å². The van der Waals surface area contributed by atoms with Gasteiger partial charge < -0.3 is 19.5 Å². The van der Waals surface area contributed by atoms with Crippen molar-refractivity contribution >= 4 is 5.97 Å². The van der Waals surface area contributed by atoms with Crippen LogP contribution in [0.5, 0.6) is 0 Å². The van der Waals surface area contributed by atoms with Crippen molar-refractivity contribution in [3.05, 3.63) is 0 Å². The van der Waals surface area contributed by atoms with Gasteiger partial charge >= 0.3 is 5.97 Å². The van der Waals surface area contributed by atoms with Crippen molar-refractivity contribution < 1.29 is 19.0 Å². The number of esters is 1. The van der Waals surface area contributed by atoms with E-state index in [1.165, 1.54) is 7.11 Å². The Morgan fingerprint density at radius 3 is 2.53 bits per heavy atom. The molecule has 1 rings (SSSR count). The molecule has 0 aromatic heterocycles. The molecule has 0 aromatic carbocycles. The number of hydrogen-bond acceptors (Lipinski definition) is 5. The highest BCUT2D eigenvalue weighted by atomic mass is 16.5. The number of carbonyl (C=O) groups is 1. The lowest BCUT2D eigenvalue weighted by atomic mass is 9.94. The molecule has 1 saturated carbocycles. The lowest BCUT2D eigenvalue weighted by Gasteiger charge is -2.30. The van der Waals surface area contributed by atoms with Crippen LogP contribution >= 0.6 is 0 Å². The third-order valence-electron chi connectivity index (χ3n) is 3.24. The van der Waals surface area contributed by atoms with E-state index in [1.54, 1.807) is 14.2 Å². The SMILES string of the molecule is CNC(COCCCOC)(C(=O)OC)C1CC1. The number of carbonyl (C=O) groups excluding carboxylic acids is 1. The summed E-state index contributed by atoms with van der Waals surface area (Å²) in [5.41, 5.74) is -0.665. The summed E-state index contributed by atoms with van der Waals surface area (Å²) in [7, 11) is 4.87. The highest BCUT2D eigenvalue weighted by Crippen LogP contribution is 2.40. The summed E-state index contributed by atoms with van der Waals surface area (Å²) in [5, 5.41) is 3.09. The maximum Gasteiger partial charge on any atom is 0.328 e. The Bertz CT molecular complexity index is 243. The number of methoxy groups -OCH3 is 2. The van der Waals surface area contributed by atoms with Crippen LogP contribution in [-0.2, 0) is 19.0 Å². The van der Waals surface area contributed by atoms with Gasteiger partial charge in [-0.25, -0.2) is 4.79 Å². The first-order chi connectivity index (χ1) is 8.21. The van der Waals surface area contributed by atoms with Crippen molar-refractivity contribution in [2.45, 2.75) is 24.8 Å². The first-order valence-electron chi connectivity index (χ1n) is 6.05. The molecule has 0 bridgehead atoms. The Morgan fingerprint density at radius 2 is 2.06 bits per heavy atom. The summed E-state index contributed by atoms with van der Waals surface area (Å²) in [6, 6.07) is 0. The molecule has 1 unspecified atom stereocenters. The smallest absolute Gasteiger partial charge is 0.328 e. The summed E-state index contributed by atoms with van der Waals surface area (Å²) in [6.45, 7) is 1.64.